The fourth-order valence-electron chi connectivity index (χ4n) is 6.48. The van der Waals surface area contributed by atoms with Crippen LogP contribution in [0.1, 0.15) is 94.1 Å². The number of hydrogen-bond acceptors (Lipinski definition) is 7. The lowest BCUT2D eigenvalue weighted by Gasteiger charge is -2.32. The molecule has 1 atom stereocenters. The number of carbonyl (C=O) groups excluding carboxylic acids is 1. The standard InChI is InChI=1S/C35H42N6O4/c1-4-9-31-29(19-23-12-17-27(24-10-7-6-8-11-24)28(18-23)30-20-32(42)39-38-30)33(43)40(34-36-22-37-41(31)34)25-13-15-26(16-14-25)45-21-35(3,44)5-2/h6-8,10-12,17-18,22,25-26,44H,4-5,9,13-16,19-21H2,1-3H3,(H,39,42). The molecule has 6 rings (SSSR count). The van der Waals surface area contributed by atoms with Crippen molar-refractivity contribution in [2.45, 2.75) is 96.3 Å². The molecule has 1 saturated carbocycles. The van der Waals surface area contributed by atoms with Crippen molar-refractivity contribution in [1.82, 2.24) is 24.6 Å². The molecule has 2 N–H and O–H groups in total. The summed E-state index contributed by atoms with van der Waals surface area (Å²) < 4.78 is 9.78. The number of hydrogen-bond donors (Lipinski definition) is 2. The summed E-state index contributed by atoms with van der Waals surface area (Å²) >= 11 is 0. The number of nitrogens with zero attached hydrogens (tertiary/aromatic N) is 5. The van der Waals surface area contributed by atoms with Gasteiger partial charge in [-0.05, 0) is 68.2 Å². The topological polar surface area (TPSA) is 123 Å². The van der Waals surface area contributed by atoms with Crippen LogP contribution in [0, 0.1) is 0 Å². The molecule has 1 fully saturated rings. The molecule has 10 nitrogen and oxygen atoms in total. The number of aliphatic hydroxyl groups is 1. The van der Waals surface area contributed by atoms with E-state index in [0.29, 0.717) is 42.9 Å². The maximum atomic E-state index is 14.5. The van der Waals surface area contributed by atoms with Crippen molar-refractivity contribution in [3.63, 3.8) is 0 Å². The van der Waals surface area contributed by atoms with E-state index in [2.05, 4.69) is 45.7 Å². The van der Waals surface area contributed by atoms with Crippen LogP contribution in [0.25, 0.3) is 16.9 Å². The molecule has 10 heteroatoms. The Morgan fingerprint density at radius 1 is 1.04 bits per heavy atom. The van der Waals surface area contributed by atoms with Gasteiger partial charge in [0.15, 0.2) is 0 Å². The number of rotatable bonds is 11. The molecule has 45 heavy (non-hydrogen) atoms. The third-order valence-electron chi connectivity index (χ3n) is 9.22. The minimum Gasteiger partial charge on any atom is -0.388 e. The van der Waals surface area contributed by atoms with Gasteiger partial charge in [0, 0.05) is 23.6 Å². The number of benzene rings is 2. The minimum atomic E-state index is -0.832. The van der Waals surface area contributed by atoms with Gasteiger partial charge >= 0.3 is 0 Å². The molecule has 1 aliphatic heterocycles. The molecule has 4 aromatic rings. The zero-order valence-corrected chi connectivity index (χ0v) is 26.3. The second-order valence-corrected chi connectivity index (χ2v) is 12.6. The number of carbonyl (C=O) groups is 1. The third-order valence-corrected chi connectivity index (χ3v) is 9.22. The monoisotopic (exact) mass is 610 g/mol. The number of nitrogens with one attached hydrogen (secondary N) is 1. The lowest BCUT2D eigenvalue weighted by atomic mass is 9.91. The van der Waals surface area contributed by atoms with E-state index in [1.165, 1.54) is 6.33 Å². The lowest BCUT2D eigenvalue weighted by molar-refractivity contribution is -0.119. The molecule has 1 unspecified atom stereocenters. The number of fused-ring (bicyclic) bond motifs is 1. The first-order valence-corrected chi connectivity index (χ1v) is 16.1. The molecule has 1 aliphatic carbocycles. The third kappa shape index (κ3) is 6.48. The van der Waals surface area contributed by atoms with Crippen LogP contribution < -0.4 is 11.0 Å². The summed E-state index contributed by atoms with van der Waals surface area (Å²) in [5, 5.41) is 19.3. The summed E-state index contributed by atoms with van der Waals surface area (Å²) in [6.07, 6.45) is 7.60. The summed E-state index contributed by atoms with van der Waals surface area (Å²) in [4.78, 5) is 31.1. The Morgan fingerprint density at radius 2 is 1.82 bits per heavy atom. The summed E-state index contributed by atoms with van der Waals surface area (Å²) in [5.41, 5.74) is 7.90. The van der Waals surface area contributed by atoms with Crippen LogP contribution in [0.2, 0.25) is 0 Å². The number of aryl methyl sites for hydroxylation is 1. The van der Waals surface area contributed by atoms with Crippen molar-refractivity contribution < 1.29 is 14.6 Å². The van der Waals surface area contributed by atoms with Gasteiger partial charge in [-0.2, -0.15) is 15.2 Å². The maximum Gasteiger partial charge on any atom is 0.259 e. The van der Waals surface area contributed by atoms with E-state index in [9.17, 15) is 14.7 Å². The molecule has 1 amide bonds. The summed E-state index contributed by atoms with van der Waals surface area (Å²) in [7, 11) is 0. The Labute approximate surface area is 263 Å². The van der Waals surface area contributed by atoms with Crippen molar-refractivity contribution in [2.75, 3.05) is 6.61 Å². The van der Waals surface area contributed by atoms with Gasteiger partial charge in [-0.25, -0.2) is 9.94 Å². The average molecular weight is 611 g/mol. The van der Waals surface area contributed by atoms with Gasteiger partial charge in [-0.1, -0.05) is 62.7 Å². The lowest BCUT2D eigenvalue weighted by Crippen LogP contribution is -2.37. The first-order valence-electron chi connectivity index (χ1n) is 16.1. The van der Waals surface area contributed by atoms with Gasteiger partial charge in [0.1, 0.15) is 6.33 Å². The first kappa shape index (κ1) is 30.9. The summed E-state index contributed by atoms with van der Waals surface area (Å²) in [6.45, 7) is 6.17. The molecule has 2 aliphatic rings. The van der Waals surface area contributed by atoms with Crippen LogP contribution in [-0.2, 0) is 22.4 Å². The van der Waals surface area contributed by atoms with Crippen LogP contribution in [0.3, 0.4) is 0 Å². The molecule has 236 valence electrons. The normalized spacial score (nSPS) is 19.8. The molecule has 2 aromatic carbocycles. The smallest absolute Gasteiger partial charge is 0.259 e. The Balaban J connectivity index is 1.35. The quantitative estimate of drug-likeness (QED) is 0.247. The Bertz CT molecular complexity index is 1770. The van der Waals surface area contributed by atoms with Gasteiger partial charge in [-0.15, -0.1) is 0 Å². The van der Waals surface area contributed by atoms with Gasteiger partial charge in [0.25, 0.3) is 5.56 Å². The number of aromatic nitrogens is 4. The zero-order valence-electron chi connectivity index (χ0n) is 26.3. The van der Waals surface area contributed by atoms with E-state index in [0.717, 1.165) is 60.1 Å². The van der Waals surface area contributed by atoms with Gasteiger partial charge in [0.05, 0.1) is 36.1 Å². The second-order valence-electron chi connectivity index (χ2n) is 12.6. The molecule has 0 saturated heterocycles. The van der Waals surface area contributed by atoms with Crippen molar-refractivity contribution in [2.24, 2.45) is 5.10 Å². The molecule has 0 spiro atoms. The number of hydrazone groups is 1. The largest absolute Gasteiger partial charge is 0.388 e. The number of ether oxygens (including phenoxy) is 1. The second kappa shape index (κ2) is 13.1. The van der Waals surface area contributed by atoms with Gasteiger partial charge in [-0.3, -0.25) is 14.2 Å². The zero-order chi connectivity index (χ0) is 31.6. The van der Waals surface area contributed by atoms with E-state index >= 15 is 0 Å². The highest BCUT2D eigenvalue weighted by Gasteiger charge is 2.30. The van der Waals surface area contributed by atoms with Crippen LogP contribution in [0.4, 0.5) is 0 Å². The van der Waals surface area contributed by atoms with Crippen LogP contribution in [0.15, 0.2) is 64.8 Å². The molecule has 0 bridgehead atoms. The Morgan fingerprint density at radius 3 is 2.51 bits per heavy atom. The maximum absolute atomic E-state index is 14.5. The van der Waals surface area contributed by atoms with Crippen LogP contribution in [0.5, 0.6) is 0 Å². The minimum absolute atomic E-state index is 0.0221. The Hall–Kier alpha value is -4.15. The SMILES string of the molecule is CCCc1c(Cc2ccc(-c3ccccc3)c(C3=NNC(=O)C3)c2)c(=O)n(C2CCC(OCC(C)(O)CC)CC2)c2ncnn12. The van der Waals surface area contributed by atoms with E-state index < -0.39 is 5.60 Å². The highest BCUT2D eigenvalue weighted by Crippen LogP contribution is 2.32. The van der Waals surface area contributed by atoms with Crippen molar-refractivity contribution in [1.29, 1.82) is 0 Å². The fourth-order valence-corrected chi connectivity index (χ4v) is 6.48. The fraction of sp³-hybridized carbons (Fsp3) is 0.457. The molecule has 3 heterocycles. The molecule has 0 radical (unpaired) electrons. The summed E-state index contributed by atoms with van der Waals surface area (Å²) in [5.74, 6) is 0.450. The highest BCUT2D eigenvalue weighted by molar-refractivity contribution is 6.16. The van der Waals surface area contributed by atoms with Crippen molar-refractivity contribution in [3.05, 3.63) is 87.6 Å². The van der Waals surface area contributed by atoms with Crippen LogP contribution >= 0.6 is 0 Å². The predicted molar refractivity (Wildman–Crippen MR) is 173 cm³/mol. The Kier molecular flexibility index (Phi) is 8.96. The van der Waals surface area contributed by atoms with Crippen molar-refractivity contribution in [3.8, 4) is 11.1 Å². The molecular weight excluding hydrogens is 568 g/mol. The average Bonchev–Trinajstić information content (AvgIpc) is 3.72. The molecular formula is C35H42N6O4. The highest BCUT2D eigenvalue weighted by atomic mass is 16.5. The van der Waals surface area contributed by atoms with Gasteiger partial charge in [0.2, 0.25) is 11.7 Å². The van der Waals surface area contributed by atoms with E-state index in [4.69, 9.17) is 4.74 Å². The number of amides is 1. The first-order chi connectivity index (χ1) is 21.8. The van der Waals surface area contributed by atoms with Crippen LogP contribution in [-0.4, -0.2) is 54.2 Å². The predicted octanol–water partition coefficient (Wildman–Crippen LogP) is 4.99. The van der Waals surface area contributed by atoms with E-state index in [1.807, 2.05) is 46.3 Å². The summed E-state index contributed by atoms with van der Waals surface area (Å²) in [6, 6.07) is 16.2. The van der Waals surface area contributed by atoms with Crippen molar-refractivity contribution >= 4 is 17.4 Å². The van der Waals surface area contributed by atoms with Gasteiger partial charge < -0.3 is 9.84 Å². The molecule has 2 aromatic heterocycles. The van der Waals surface area contributed by atoms with E-state index in [1.54, 1.807) is 6.92 Å². The van der Waals surface area contributed by atoms with E-state index in [-0.39, 0.29) is 30.0 Å².